The third-order valence-corrected chi connectivity index (χ3v) is 3.07. The molecule has 1 fully saturated rings. The highest BCUT2D eigenvalue weighted by molar-refractivity contribution is 5.13. The molecule has 1 aliphatic rings. The molecule has 1 aromatic heterocycles. The molecule has 1 N–H and O–H groups in total. The van der Waals surface area contributed by atoms with Crippen molar-refractivity contribution < 1.29 is 5.11 Å². The molecule has 0 aliphatic heterocycles. The van der Waals surface area contributed by atoms with Gasteiger partial charge in [-0.15, -0.1) is 0 Å². The number of hydrogen-bond donors (Lipinski definition) is 1. The Hall–Kier alpha value is -0.760. The van der Waals surface area contributed by atoms with Gasteiger partial charge in [0.2, 0.25) is 0 Å². The average molecular weight is 179 g/mol. The number of aryl methyl sites for hydroxylation is 2. The first-order valence-corrected chi connectivity index (χ1v) is 4.97. The Labute approximate surface area is 79.2 Å². The van der Waals surface area contributed by atoms with Gasteiger partial charge in [0, 0.05) is 17.9 Å². The fourth-order valence-corrected chi connectivity index (χ4v) is 2.10. The van der Waals surface area contributed by atoms with Gasteiger partial charge in [-0.2, -0.15) is 0 Å². The quantitative estimate of drug-likeness (QED) is 0.736. The lowest BCUT2D eigenvalue weighted by molar-refractivity contribution is 0.0348. The molecule has 1 saturated carbocycles. The van der Waals surface area contributed by atoms with E-state index < -0.39 is 0 Å². The van der Waals surface area contributed by atoms with Crippen molar-refractivity contribution in [3.8, 4) is 0 Å². The SMILES string of the molecule is Cc1ccc(C)n1CC1CC(O)C1. The second kappa shape index (κ2) is 3.18. The van der Waals surface area contributed by atoms with E-state index >= 15 is 0 Å². The predicted octanol–water partition coefficient (Wildman–Crippen LogP) is 1.88. The summed E-state index contributed by atoms with van der Waals surface area (Å²) in [5.74, 6) is 0.694. The maximum atomic E-state index is 9.18. The van der Waals surface area contributed by atoms with Crippen LogP contribution >= 0.6 is 0 Å². The van der Waals surface area contributed by atoms with Crippen molar-refractivity contribution >= 4 is 0 Å². The van der Waals surface area contributed by atoms with Gasteiger partial charge in [0.15, 0.2) is 0 Å². The van der Waals surface area contributed by atoms with Crippen LogP contribution in [0.15, 0.2) is 12.1 Å². The van der Waals surface area contributed by atoms with Gasteiger partial charge in [0.25, 0.3) is 0 Å². The van der Waals surface area contributed by atoms with E-state index in [1.54, 1.807) is 0 Å². The van der Waals surface area contributed by atoms with Gasteiger partial charge in [-0.25, -0.2) is 0 Å². The zero-order valence-corrected chi connectivity index (χ0v) is 8.33. The predicted molar refractivity (Wildman–Crippen MR) is 52.6 cm³/mol. The summed E-state index contributed by atoms with van der Waals surface area (Å²) in [4.78, 5) is 0. The Balaban J connectivity index is 2.01. The minimum Gasteiger partial charge on any atom is -0.393 e. The fourth-order valence-electron chi connectivity index (χ4n) is 2.10. The van der Waals surface area contributed by atoms with Crippen molar-refractivity contribution in [3.63, 3.8) is 0 Å². The lowest BCUT2D eigenvalue weighted by atomic mass is 9.82. The van der Waals surface area contributed by atoms with Crippen LogP contribution < -0.4 is 0 Å². The summed E-state index contributed by atoms with van der Waals surface area (Å²) in [6.07, 6.45) is 1.94. The monoisotopic (exact) mass is 179 g/mol. The van der Waals surface area contributed by atoms with E-state index in [1.807, 2.05) is 0 Å². The Bertz CT molecular complexity index is 278. The first kappa shape index (κ1) is 8.82. The molecule has 0 aromatic carbocycles. The third-order valence-electron chi connectivity index (χ3n) is 3.07. The highest BCUT2D eigenvalue weighted by atomic mass is 16.3. The van der Waals surface area contributed by atoms with E-state index in [4.69, 9.17) is 0 Å². The molecule has 2 rings (SSSR count). The molecule has 72 valence electrons. The van der Waals surface area contributed by atoms with Crippen LogP contribution in [0.3, 0.4) is 0 Å². The topological polar surface area (TPSA) is 25.2 Å². The normalized spacial score (nSPS) is 27.3. The molecule has 1 aromatic rings. The Morgan fingerprint density at radius 3 is 2.31 bits per heavy atom. The van der Waals surface area contributed by atoms with Crippen molar-refractivity contribution in [2.45, 2.75) is 39.3 Å². The molecule has 2 nitrogen and oxygen atoms in total. The van der Waals surface area contributed by atoms with Crippen molar-refractivity contribution in [1.82, 2.24) is 4.57 Å². The minimum atomic E-state index is -0.0267. The van der Waals surface area contributed by atoms with Crippen molar-refractivity contribution in [1.29, 1.82) is 0 Å². The molecule has 1 heterocycles. The van der Waals surface area contributed by atoms with Crippen molar-refractivity contribution in [2.24, 2.45) is 5.92 Å². The van der Waals surface area contributed by atoms with E-state index in [0.717, 1.165) is 19.4 Å². The van der Waals surface area contributed by atoms with Gasteiger partial charge in [0.05, 0.1) is 6.10 Å². The molecule has 0 atom stereocenters. The molecule has 13 heavy (non-hydrogen) atoms. The summed E-state index contributed by atoms with van der Waals surface area (Å²) >= 11 is 0. The zero-order valence-electron chi connectivity index (χ0n) is 8.33. The highest BCUT2D eigenvalue weighted by Gasteiger charge is 2.27. The van der Waals surface area contributed by atoms with Gasteiger partial charge in [-0.3, -0.25) is 0 Å². The van der Waals surface area contributed by atoms with Crippen molar-refractivity contribution in [3.05, 3.63) is 23.5 Å². The smallest absolute Gasteiger partial charge is 0.0546 e. The van der Waals surface area contributed by atoms with E-state index in [0.29, 0.717) is 5.92 Å². The first-order valence-electron chi connectivity index (χ1n) is 4.97. The summed E-state index contributed by atoms with van der Waals surface area (Å²) in [5, 5.41) is 9.18. The average Bonchev–Trinajstić information content (AvgIpc) is 2.32. The molecule has 0 radical (unpaired) electrons. The maximum absolute atomic E-state index is 9.18. The first-order chi connectivity index (χ1) is 6.16. The fraction of sp³-hybridized carbons (Fsp3) is 0.636. The molecular weight excluding hydrogens is 162 g/mol. The largest absolute Gasteiger partial charge is 0.393 e. The zero-order chi connectivity index (χ0) is 9.42. The molecular formula is C11H17NO. The van der Waals surface area contributed by atoms with E-state index in [-0.39, 0.29) is 6.10 Å². The standard InChI is InChI=1S/C11H17NO/c1-8-3-4-9(2)12(8)7-10-5-11(13)6-10/h3-4,10-11,13H,5-7H2,1-2H3. The Kier molecular flexibility index (Phi) is 2.16. The third kappa shape index (κ3) is 1.63. The molecule has 0 saturated heterocycles. The maximum Gasteiger partial charge on any atom is 0.0546 e. The molecule has 2 heteroatoms. The van der Waals surface area contributed by atoms with Gasteiger partial charge in [0.1, 0.15) is 0 Å². The van der Waals surface area contributed by atoms with Crippen LogP contribution in [0.25, 0.3) is 0 Å². The van der Waals surface area contributed by atoms with Gasteiger partial charge in [-0.1, -0.05) is 0 Å². The highest BCUT2D eigenvalue weighted by Crippen LogP contribution is 2.29. The van der Waals surface area contributed by atoms with Crippen LogP contribution in [0.1, 0.15) is 24.2 Å². The van der Waals surface area contributed by atoms with Crippen LogP contribution in [0, 0.1) is 19.8 Å². The number of nitrogens with zero attached hydrogens (tertiary/aromatic N) is 1. The summed E-state index contributed by atoms with van der Waals surface area (Å²) < 4.78 is 2.34. The van der Waals surface area contributed by atoms with Crippen LogP contribution in [0.2, 0.25) is 0 Å². The minimum absolute atomic E-state index is 0.0267. The second-order valence-corrected chi connectivity index (χ2v) is 4.22. The molecule has 0 spiro atoms. The van der Waals surface area contributed by atoms with Crippen LogP contribution in [0.4, 0.5) is 0 Å². The summed E-state index contributed by atoms with van der Waals surface area (Å²) in [7, 11) is 0. The number of aliphatic hydroxyl groups excluding tert-OH is 1. The van der Waals surface area contributed by atoms with Gasteiger partial charge in [-0.05, 0) is 44.7 Å². The Morgan fingerprint density at radius 1 is 1.31 bits per heavy atom. The van der Waals surface area contributed by atoms with E-state index in [2.05, 4.69) is 30.5 Å². The lowest BCUT2D eigenvalue weighted by Crippen LogP contribution is -2.31. The summed E-state index contributed by atoms with van der Waals surface area (Å²) in [5.41, 5.74) is 2.66. The van der Waals surface area contributed by atoms with Crippen LogP contribution in [-0.4, -0.2) is 15.8 Å². The van der Waals surface area contributed by atoms with E-state index in [9.17, 15) is 5.11 Å². The van der Waals surface area contributed by atoms with Gasteiger partial charge < -0.3 is 9.67 Å². The molecule has 0 bridgehead atoms. The molecule has 0 unspecified atom stereocenters. The van der Waals surface area contributed by atoms with Crippen LogP contribution in [-0.2, 0) is 6.54 Å². The second-order valence-electron chi connectivity index (χ2n) is 4.22. The van der Waals surface area contributed by atoms with Crippen LogP contribution in [0.5, 0.6) is 0 Å². The molecule has 0 amide bonds. The summed E-state index contributed by atoms with van der Waals surface area (Å²) in [6.45, 7) is 5.37. The van der Waals surface area contributed by atoms with E-state index in [1.165, 1.54) is 11.4 Å². The number of aliphatic hydroxyl groups is 1. The van der Waals surface area contributed by atoms with Gasteiger partial charge >= 0.3 is 0 Å². The van der Waals surface area contributed by atoms with Crippen molar-refractivity contribution in [2.75, 3.05) is 0 Å². The number of aromatic nitrogens is 1. The number of hydrogen-bond acceptors (Lipinski definition) is 1. The summed E-state index contributed by atoms with van der Waals surface area (Å²) in [6, 6.07) is 4.31. The Morgan fingerprint density at radius 2 is 1.85 bits per heavy atom. The lowest BCUT2D eigenvalue weighted by Gasteiger charge is -2.32. The number of rotatable bonds is 2. The molecule has 1 aliphatic carbocycles.